The predicted octanol–water partition coefficient (Wildman–Crippen LogP) is 3.76. The smallest absolute Gasteiger partial charge is 0.399 e. The van der Waals surface area contributed by atoms with Gasteiger partial charge in [-0.25, -0.2) is 0 Å². The van der Waals surface area contributed by atoms with Crippen LogP contribution in [0.15, 0.2) is 24.3 Å². The summed E-state index contributed by atoms with van der Waals surface area (Å²) < 4.78 is 38.3. The molecule has 1 heterocycles. The van der Waals surface area contributed by atoms with E-state index >= 15 is 0 Å². The summed E-state index contributed by atoms with van der Waals surface area (Å²) in [6, 6.07) is 6.19. The zero-order valence-corrected chi connectivity index (χ0v) is 14.4. The molecule has 5 nitrogen and oxygen atoms in total. The predicted molar refractivity (Wildman–Crippen MR) is 91.3 cm³/mol. The van der Waals surface area contributed by atoms with Crippen molar-refractivity contribution in [3.05, 3.63) is 46.8 Å². The molecule has 1 saturated carbocycles. The van der Waals surface area contributed by atoms with E-state index in [2.05, 4.69) is 5.10 Å². The molecule has 1 aromatic carbocycles. The van der Waals surface area contributed by atoms with Crippen LogP contribution in [0.4, 0.5) is 18.9 Å². The Labute approximate surface area is 149 Å². The van der Waals surface area contributed by atoms with Crippen LogP contribution in [0.1, 0.15) is 46.6 Å². The number of amides is 1. The number of benzene rings is 1. The van der Waals surface area contributed by atoms with Gasteiger partial charge in [-0.1, -0.05) is 12.5 Å². The minimum atomic E-state index is -4.56. The highest BCUT2D eigenvalue weighted by atomic mass is 19.4. The Morgan fingerprint density at radius 2 is 2.08 bits per heavy atom. The molecule has 1 fully saturated rings. The number of nitrogen functional groups attached to an aromatic ring is 1. The second-order valence-electron chi connectivity index (χ2n) is 6.83. The molecular weight excluding hydrogens is 345 g/mol. The van der Waals surface area contributed by atoms with Crippen LogP contribution in [-0.2, 0) is 12.7 Å². The largest absolute Gasteiger partial charge is 0.432 e. The molecule has 0 aliphatic heterocycles. The zero-order valence-electron chi connectivity index (χ0n) is 14.4. The van der Waals surface area contributed by atoms with Crippen LogP contribution in [0.25, 0.3) is 0 Å². The lowest BCUT2D eigenvalue weighted by Gasteiger charge is -2.32. The number of anilines is 1. The Balaban J connectivity index is 1.82. The van der Waals surface area contributed by atoms with Gasteiger partial charge in [0.25, 0.3) is 5.91 Å². The van der Waals surface area contributed by atoms with E-state index < -0.39 is 17.8 Å². The molecule has 0 radical (unpaired) electrons. The topological polar surface area (TPSA) is 75.0 Å². The number of aryl methyl sites for hydroxylation is 1. The van der Waals surface area contributed by atoms with Gasteiger partial charge in [-0.05, 0) is 48.9 Å². The van der Waals surface area contributed by atoms with Gasteiger partial charge in [0.05, 0.1) is 0 Å². The Morgan fingerprint density at radius 1 is 1.35 bits per heavy atom. The van der Waals surface area contributed by atoms with Gasteiger partial charge in [-0.15, -0.1) is 0 Å². The zero-order chi connectivity index (χ0) is 18.9. The highest BCUT2D eigenvalue weighted by molar-refractivity contribution is 5.92. The Bertz CT molecular complexity index is 796. The number of aromatic nitrogens is 2. The summed E-state index contributed by atoms with van der Waals surface area (Å²) in [4.78, 5) is 14.4. The summed E-state index contributed by atoms with van der Waals surface area (Å²) in [6.45, 7) is 2.72. The van der Waals surface area contributed by atoms with E-state index in [4.69, 9.17) is 5.73 Å². The Kier molecular flexibility index (Phi) is 4.93. The highest BCUT2D eigenvalue weighted by Gasteiger charge is 2.35. The van der Waals surface area contributed by atoms with E-state index in [1.54, 1.807) is 11.0 Å². The van der Waals surface area contributed by atoms with Crippen LogP contribution in [0.2, 0.25) is 0 Å². The lowest BCUT2D eigenvalue weighted by molar-refractivity contribution is -0.141. The number of aromatic amines is 1. The molecule has 0 saturated heterocycles. The van der Waals surface area contributed by atoms with Gasteiger partial charge in [-0.2, -0.15) is 18.3 Å². The molecule has 1 aliphatic carbocycles. The first-order valence-electron chi connectivity index (χ1n) is 8.51. The fourth-order valence-electron chi connectivity index (χ4n) is 3.05. The molecule has 8 heteroatoms. The average molecular weight is 366 g/mol. The standard InChI is InChI=1S/C18H21F3N4O/c1-11-7-14(22)6-5-13(11)10-25(9-12-3-2-4-12)17(26)15-8-16(24-23-15)18(19,20)21/h5-8,12H,2-4,9-10,22H2,1H3,(H,23,24). The van der Waals surface area contributed by atoms with Gasteiger partial charge in [0.2, 0.25) is 0 Å². The van der Waals surface area contributed by atoms with Crippen molar-refractivity contribution in [2.75, 3.05) is 12.3 Å². The number of hydrogen-bond acceptors (Lipinski definition) is 3. The molecule has 0 spiro atoms. The van der Waals surface area contributed by atoms with Crippen molar-refractivity contribution in [3.8, 4) is 0 Å². The van der Waals surface area contributed by atoms with E-state index in [-0.39, 0.29) is 5.69 Å². The molecule has 0 unspecified atom stereocenters. The van der Waals surface area contributed by atoms with Crippen LogP contribution < -0.4 is 5.73 Å². The number of nitrogens with one attached hydrogen (secondary N) is 1. The van der Waals surface area contributed by atoms with Gasteiger partial charge < -0.3 is 10.6 Å². The average Bonchev–Trinajstić information content (AvgIpc) is 3.01. The van der Waals surface area contributed by atoms with E-state index in [9.17, 15) is 18.0 Å². The number of carbonyl (C=O) groups excluding carboxylic acids is 1. The minimum Gasteiger partial charge on any atom is -0.399 e. The molecule has 2 aromatic rings. The number of nitrogens with two attached hydrogens (primary N) is 1. The number of nitrogens with zero attached hydrogens (tertiary/aromatic N) is 2. The summed E-state index contributed by atoms with van der Waals surface area (Å²) in [6.07, 6.45) is -1.39. The maximum atomic E-state index is 12.8. The minimum absolute atomic E-state index is 0.218. The van der Waals surface area contributed by atoms with E-state index in [1.807, 2.05) is 24.2 Å². The van der Waals surface area contributed by atoms with Crippen molar-refractivity contribution in [3.63, 3.8) is 0 Å². The van der Waals surface area contributed by atoms with E-state index in [0.717, 1.165) is 36.5 Å². The summed E-state index contributed by atoms with van der Waals surface area (Å²) in [7, 11) is 0. The number of alkyl halides is 3. The van der Waals surface area contributed by atoms with E-state index in [0.29, 0.717) is 24.7 Å². The number of H-pyrrole nitrogens is 1. The first-order valence-corrected chi connectivity index (χ1v) is 8.51. The van der Waals surface area contributed by atoms with Crippen molar-refractivity contribution >= 4 is 11.6 Å². The number of carbonyl (C=O) groups is 1. The second kappa shape index (κ2) is 7.01. The summed E-state index contributed by atoms with van der Waals surface area (Å²) >= 11 is 0. The molecule has 1 aliphatic rings. The van der Waals surface area contributed by atoms with Crippen LogP contribution in [0.5, 0.6) is 0 Å². The highest BCUT2D eigenvalue weighted by Crippen LogP contribution is 2.30. The first kappa shape index (κ1) is 18.3. The molecule has 1 amide bonds. The third kappa shape index (κ3) is 4.00. The van der Waals surface area contributed by atoms with Crippen molar-refractivity contribution < 1.29 is 18.0 Å². The summed E-state index contributed by atoms with van der Waals surface area (Å²) in [5, 5.41) is 5.48. The number of halogens is 3. The normalized spacial score (nSPS) is 14.9. The van der Waals surface area contributed by atoms with Gasteiger partial charge in [-0.3, -0.25) is 9.89 Å². The van der Waals surface area contributed by atoms with Crippen LogP contribution >= 0.6 is 0 Å². The summed E-state index contributed by atoms with van der Waals surface area (Å²) in [5.74, 6) is -0.117. The van der Waals surface area contributed by atoms with Gasteiger partial charge in [0.15, 0.2) is 5.69 Å². The molecule has 0 bridgehead atoms. The fraction of sp³-hybridized carbons (Fsp3) is 0.444. The maximum absolute atomic E-state index is 12.8. The van der Waals surface area contributed by atoms with Crippen LogP contribution in [0, 0.1) is 12.8 Å². The lowest BCUT2D eigenvalue weighted by Crippen LogP contribution is -2.37. The third-order valence-corrected chi connectivity index (χ3v) is 4.82. The van der Waals surface area contributed by atoms with Crippen molar-refractivity contribution in [2.24, 2.45) is 5.92 Å². The molecule has 3 rings (SSSR count). The van der Waals surface area contributed by atoms with Gasteiger partial charge >= 0.3 is 6.18 Å². The Hall–Kier alpha value is -2.51. The van der Waals surface area contributed by atoms with Crippen molar-refractivity contribution in [2.45, 2.75) is 38.9 Å². The van der Waals surface area contributed by atoms with Crippen molar-refractivity contribution in [1.29, 1.82) is 0 Å². The molecular formula is C18H21F3N4O. The van der Waals surface area contributed by atoms with Gasteiger partial charge in [0, 0.05) is 24.8 Å². The van der Waals surface area contributed by atoms with Crippen LogP contribution in [0.3, 0.4) is 0 Å². The number of hydrogen-bond donors (Lipinski definition) is 2. The van der Waals surface area contributed by atoms with Crippen molar-refractivity contribution in [1.82, 2.24) is 15.1 Å². The fourth-order valence-corrected chi connectivity index (χ4v) is 3.05. The summed E-state index contributed by atoms with van der Waals surface area (Å²) in [5.41, 5.74) is 7.01. The molecule has 0 atom stereocenters. The third-order valence-electron chi connectivity index (χ3n) is 4.82. The SMILES string of the molecule is Cc1cc(N)ccc1CN(CC1CCC1)C(=O)c1cc(C(F)(F)F)[nH]n1. The van der Waals surface area contributed by atoms with E-state index in [1.165, 1.54) is 0 Å². The maximum Gasteiger partial charge on any atom is 0.432 e. The molecule has 26 heavy (non-hydrogen) atoms. The first-order chi connectivity index (χ1) is 12.2. The van der Waals surface area contributed by atoms with Crippen LogP contribution in [-0.4, -0.2) is 27.5 Å². The monoisotopic (exact) mass is 366 g/mol. The lowest BCUT2D eigenvalue weighted by atomic mass is 9.85. The number of rotatable bonds is 5. The quantitative estimate of drug-likeness (QED) is 0.791. The molecule has 1 aromatic heterocycles. The molecule has 3 N–H and O–H groups in total. The van der Waals surface area contributed by atoms with Gasteiger partial charge in [0.1, 0.15) is 5.69 Å². The Morgan fingerprint density at radius 3 is 2.62 bits per heavy atom. The molecule has 140 valence electrons. The second-order valence-corrected chi connectivity index (χ2v) is 6.83.